The monoisotopic (exact) mass is 437 g/mol. The quantitative estimate of drug-likeness (QED) is 0.439. The second kappa shape index (κ2) is 11.2. The van der Waals surface area contributed by atoms with E-state index in [1.807, 2.05) is 49.4 Å². The van der Waals surface area contributed by atoms with Gasteiger partial charge < -0.3 is 14.2 Å². The van der Waals surface area contributed by atoms with Gasteiger partial charge in [-0.05, 0) is 49.7 Å². The van der Waals surface area contributed by atoms with Crippen molar-refractivity contribution in [1.82, 2.24) is 9.97 Å². The number of rotatable bonds is 10. The number of thiophene rings is 1. The van der Waals surface area contributed by atoms with Crippen LogP contribution in [0.2, 0.25) is 0 Å². The van der Waals surface area contributed by atoms with Crippen LogP contribution in [0.15, 0.2) is 48.7 Å². The summed E-state index contributed by atoms with van der Waals surface area (Å²) >= 11 is 1.52. The first-order valence-electron chi connectivity index (χ1n) is 9.95. The van der Waals surface area contributed by atoms with E-state index in [-0.39, 0.29) is 5.97 Å². The molecular weight excluding hydrogens is 414 g/mol. The standard InChI is InChI=1S/C23H23N3O4S/c1-3-28-20(23(27)29-4-2)13-16-5-7-18(8-6-16)30-15-19-9-10-21(31-19)22-25-12-11-17(14-24)26-22/h5-12,20H,3-4,13,15H2,1-2H3. The third-order valence-corrected chi connectivity index (χ3v) is 5.35. The Hall–Kier alpha value is -3.28. The second-order valence-electron chi connectivity index (χ2n) is 6.48. The molecule has 7 nitrogen and oxygen atoms in total. The first kappa shape index (κ1) is 22.4. The van der Waals surface area contributed by atoms with E-state index in [4.69, 9.17) is 19.5 Å². The Kier molecular flexibility index (Phi) is 8.10. The zero-order valence-corrected chi connectivity index (χ0v) is 18.2. The SMILES string of the molecule is CCOC(=O)C(Cc1ccc(OCc2ccc(-c3nccc(C#N)n3)s2)cc1)OCC. The van der Waals surface area contributed by atoms with Gasteiger partial charge >= 0.3 is 5.97 Å². The van der Waals surface area contributed by atoms with Crippen molar-refractivity contribution in [3.05, 3.63) is 64.8 Å². The van der Waals surface area contributed by atoms with Crippen LogP contribution in [0.4, 0.5) is 0 Å². The number of carbonyl (C=O) groups excluding carboxylic acids is 1. The molecule has 0 fully saturated rings. The lowest BCUT2D eigenvalue weighted by Crippen LogP contribution is -2.28. The van der Waals surface area contributed by atoms with Crippen molar-refractivity contribution in [3.8, 4) is 22.5 Å². The first-order valence-corrected chi connectivity index (χ1v) is 10.8. The fraction of sp³-hybridized carbons (Fsp3) is 0.304. The minimum Gasteiger partial charge on any atom is -0.488 e. The molecule has 8 heteroatoms. The molecular formula is C23H23N3O4S. The van der Waals surface area contributed by atoms with E-state index < -0.39 is 6.10 Å². The van der Waals surface area contributed by atoms with Crippen LogP contribution in [0, 0.1) is 11.3 Å². The van der Waals surface area contributed by atoms with Crippen LogP contribution in [0.5, 0.6) is 5.75 Å². The third kappa shape index (κ3) is 6.35. The lowest BCUT2D eigenvalue weighted by molar-refractivity contribution is -0.156. The summed E-state index contributed by atoms with van der Waals surface area (Å²) in [6.45, 7) is 4.81. The van der Waals surface area contributed by atoms with Crippen molar-refractivity contribution in [2.75, 3.05) is 13.2 Å². The summed E-state index contributed by atoms with van der Waals surface area (Å²) in [4.78, 5) is 22.3. The van der Waals surface area contributed by atoms with E-state index >= 15 is 0 Å². The maximum Gasteiger partial charge on any atom is 0.335 e. The average Bonchev–Trinajstić information content (AvgIpc) is 3.27. The number of hydrogen-bond acceptors (Lipinski definition) is 8. The van der Waals surface area contributed by atoms with Crippen LogP contribution in [0.25, 0.3) is 10.7 Å². The number of benzene rings is 1. The van der Waals surface area contributed by atoms with Gasteiger partial charge in [-0.2, -0.15) is 5.26 Å². The summed E-state index contributed by atoms with van der Waals surface area (Å²) in [5.41, 5.74) is 1.30. The maximum atomic E-state index is 12.0. The van der Waals surface area contributed by atoms with Crippen LogP contribution >= 0.6 is 11.3 Å². The van der Waals surface area contributed by atoms with Crippen molar-refractivity contribution in [2.45, 2.75) is 33.0 Å². The molecule has 1 aromatic carbocycles. The molecule has 0 aliphatic heterocycles. The van der Waals surface area contributed by atoms with E-state index in [1.165, 1.54) is 11.3 Å². The van der Waals surface area contributed by atoms with Gasteiger partial charge in [0.25, 0.3) is 0 Å². The Morgan fingerprint density at radius 2 is 1.94 bits per heavy atom. The van der Waals surface area contributed by atoms with Gasteiger partial charge in [-0.25, -0.2) is 14.8 Å². The Morgan fingerprint density at radius 3 is 2.65 bits per heavy atom. The molecule has 1 atom stereocenters. The first-order chi connectivity index (χ1) is 15.1. The molecule has 0 N–H and O–H groups in total. The molecule has 3 aromatic rings. The molecule has 0 spiro atoms. The van der Waals surface area contributed by atoms with Crippen LogP contribution in [0.1, 0.15) is 30.0 Å². The number of carbonyl (C=O) groups is 1. The molecule has 0 bridgehead atoms. The van der Waals surface area contributed by atoms with E-state index in [1.54, 1.807) is 19.2 Å². The van der Waals surface area contributed by atoms with E-state index in [0.717, 1.165) is 21.1 Å². The number of nitriles is 1. The van der Waals surface area contributed by atoms with Crippen LogP contribution in [-0.2, 0) is 27.3 Å². The summed E-state index contributed by atoms with van der Waals surface area (Å²) in [5, 5.41) is 8.98. The normalized spacial score (nSPS) is 11.5. The number of ether oxygens (including phenoxy) is 3. The number of aromatic nitrogens is 2. The van der Waals surface area contributed by atoms with Gasteiger partial charge in [-0.3, -0.25) is 0 Å². The van der Waals surface area contributed by atoms with Gasteiger partial charge in [0.2, 0.25) is 0 Å². The van der Waals surface area contributed by atoms with Crippen molar-refractivity contribution in [1.29, 1.82) is 5.26 Å². The highest BCUT2D eigenvalue weighted by Gasteiger charge is 2.20. The Balaban J connectivity index is 1.57. The van der Waals surface area contributed by atoms with Crippen molar-refractivity contribution < 1.29 is 19.0 Å². The highest BCUT2D eigenvalue weighted by molar-refractivity contribution is 7.15. The lowest BCUT2D eigenvalue weighted by atomic mass is 10.1. The summed E-state index contributed by atoms with van der Waals surface area (Å²) in [6.07, 6.45) is 1.42. The Morgan fingerprint density at radius 1 is 1.13 bits per heavy atom. The third-order valence-electron chi connectivity index (χ3n) is 4.30. The molecule has 0 saturated heterocycles. The summed E-state index contributed by atoms with van der Waals surface area (Å²) < 4.78 is 16.5. The molecule has 160 valence electrons. The average molecular weight is 438 g/mol. The predicted molar refractivity (Wildman–Crippen MR) is 117 cm³/mol. The number of esters is 1. The number of nitrogens with zero attached hydrogens (tertiary/aromatic N) is 3. The molecule has 1 unspecified atom stereocenters. The van der Waals surface area contributed by atoms with E-state index in [0.29, 0.717) is 37.8 Å². The fourth-order valence-corrected chi connectivity index (χ4v) is 3.71. The molecule has 0 radical (unpaired) electrons. The predicted octanol–water partition coefficient (Wildman–Crippen LogP) is 4.17. The lowest BCUT2D eigenvalue weighted by Gasteiger charge is -2.15. The molecule has 0 aliphatic rings. The summed E-state index contributed by atoms with van der Waals surface area (Å²) in [6, 6.07) is 15.1. The molecule has 3 rings (SSSR count). The van der Waals surface area contributed by atoms with Crippen LogP contribution < -0.4 is 4.74 Å². The van der Waals surface area contributed by atoms with Gasteiger partial charge in [0.1, 0.15) is 24.1 Å². The van der Waals surface area contributed by atoms with Crippen LogP contribution in [0.3, 0.4) is 0 Å². The van der Waals surface area contributed by atoms with Gasteiger partial charge in [0.05, 0.1) is 11.5 Å². The van der Waals surface area contributed by atoms with Gasteiger partial charge in [-0.1, -0.05) is 12.1 Å². The fourth-order valence-electron chi connectivity index (χ4n) is 2.85. The Labute approximate surface area is 185 Å². The van der Waals surface area contributed by atoms with Crippen molar-refractivity contribution in [3.63, 3.8) is 0 Å². The minimum absolute atomic E-state index is 0.329. The molecule has 0 amide bonds. The van der Waals surface area contributed by atoms with Crippen LogP contribution in [-0.4, -0.2) is 35.3 Å². The number of hydrogen-bond donors (Lipinski definition) is 0. The topological polar surface area (TPSA) is 94.3 Å². The zero-order valence-electron chi connectivity index (χ0n) is 17.4. The summed E-state index contributed by atoms with van der Waals surface area (Å²) in [7, 11) is 0. The zero-order chi connectivity index (χ0) is 22.1. The highest BCUT2D eigenvalue weighted by Crippen LogP contribution is 2.26. The van der Waals surface area contributed by atoms with Gasteiger partial charge in [0, 0.05) is 24.1 Å². The molecule has 2 heterocycles. The van der Waals surface area contributed by atoms with Crippen molar-refractivity contribution >= 4 is 17.3 Å². The van der Waals surface area contributed by atoms with Gasteiger partial charge in [0.15, 0.2) is 11.9 Å². The Bertz CT molecular complexity index is 1040. The van der Waals surface area contributed by atoms with Gasteiger partial charge in [-0.15, -0.1) is 11.3 Å². The molecule has 0 aliphatic carbocycles. The maximum absolute atomic E-state index is 12.0. The second-order valence-corrected chi connectivity index (χ2v) is 7.64. The largest absolute Gasteiger partial charge is 0.488 e. The van der Waals surface area contributed by atoms with Crippen molar-refractivity contribution in [2.24, 2.45) is 0 Å². The molecule has 31 heavy (non-hydrogen) atoms. The molecule has 2 aromatic heterocycles. The van der Waals surface area contributed by atoms with E-state index in [9.17, 15) is 4.79 Å². The summed E-state index contributed by atoms with van der Waals surface area (Å²) in [5.74, 6) is 0.915. The highest BCUT2D eigenvalue weighted by atomic mass is 32.1. The minimum atomic E-state index is -0.608. The smallest absolute Gasteiger partial charge is 0.335 e. The van der Waals surface area contributed by atoms with E-state index in [2.05, 4.69) is 9.97 Å². The molecule has 0 saturated carbocycles.